The largest absolute Gasteiger partial charge is 0.366 e. The van der Waals surface area contributed by atoms with Crippen molar-refractivity contribution in [2.45, 2.75) is 33.4 Å². The van der Waals surface area contributed by atoms with E-state index >= 15 is 0 Å². The van der Waals surface area contributed by atoms with Gasteiger partial charge in [-0.3, -0.25) is 4.79 Å². The Hall–Kier alpha value is -2.13. The molecule has 0 atom stereocenters. The molecule has 3 rings (SSSR count). The molecule has 118 valence electrons. The maximum absolute atomic E-state index is 12.1. The number of carbonyl (C=O) groups excluding carboxylic acids is 1. The number of primary amides is 1. The second-order valence-electron chi connectivity index (χ2n) is 6.78. The highest BCUT2D eigenvalue weighted by molar-refractivity contribution is 6.72. The zero-order valence-corrected chi connectivity index (χ0v) is 15.4. The predicted molar refractivity (Wildman–Crippen MR) is 101 cm³/mol. The van der Waals surface area contributed by atoms with Gasteiger partial charge in [-0.2, -0.15) is 0 Å². The first-order valence-corrected chi connectivity index (χ1v) is 11.0. The van der Waals surface area contributed by atoms with Gasteiger partial charge in [0.25, 0.3) is 0 Å². The maximum atomic E-state index is 12.1. The van der Waals surface area contributed by atoms with Crippen LogP contribution in [0.25, 0.3) is 17.2 Å². The van der Waals surface area contributed by atoms with Crippen molar-refractivity contribution < 1.29 is 4.79 Å². The Kier molecular flexibility index (Phi) is 3.98. The molecule has 2 aromatic rings. The number of hydrogen-bond acceptors (Lipinski definition) is 1. The molecule has 0 saturated heterocycles. The fourth-order valence-corrected chi connectivity index (χ4v) is 5.61. The minimum atomic E-state index is -1.12. The molecule has 0 aliphatic heterocycles. The van der Waals surface area contributed by atoms with Crippen LogP contribution >= 0.6 is 0 Å². The van der Waals surface area contributed by atoms with Gasteiger partial charge in [0.2, 0.25) is 5.91 Å². The first kappa shape index (κ1) is 15.8. The number of carbonyl (C=O) groups is 1. The van der Waals surface area contributed by atoms with E-state index in [1.165, 1.54) is 27.5 Å². The number of benzene rings is 2. The molecule has 0 unspecified atom stereocenters. The third-order valence-electron chi connectivity index (χ3n) is 4.63. The lowest BCUT2D eigenvalue weighted by Gasteiger charge is -2.20. The second kappa shape index (κ2) is 5.82. The SMILES string of the molecule is CC1=Cc2c(cccc2-c2c(C(N)=O)ccc(C)c2[SiH](C)C)C1. The molecule has 2 N–H and O–H groups in total. The van der Waals surface area contributed by atoms with Gasteiger partial charge < -0.3 is 5.73 Å². The quantitative estimate of drug-likeness (QED) is 0.865. The summed E-state index contributed by atoms with van der Waals surface area (Å²) in [6.45, 7) is 8.91. The molecule has 0 spiro atoms. The summed E-state index contributed by atoms with van der Waals surface area (Å²) in [5, 5.41) is 1.35. The smallest absolute Gasteiger partial charge is 0.249 e. The van der Waals surface area contributed by atoms with Gasteiger partial charge in [-0.05, 0) is 48.6 Å². The van der Waals surface area contributed by atoms with E-state index in [9.17, 15) is 4.79 Å². The molecule has 2 aromatic carbocycles. The van der Waals surface area contributed by atoms with Crippen LogP contribution in [-0.2, 0) is 6.42 Å². The average molecular weight is 321 g/mol. The molecule has 0 aromatic heterocycles. The van der Waals surface area contributed by atoms with Gasteiger partial charge in [-0.15, -0.1) is 0 Å². The van der Waals surface area contributed by atoms with Crippen molar-refractivity contribution in [1.29, 1.82) is 0 Å². The fraction of sp³-hybridized carbons (Fsp3) is 0.250. The Morgan fingerprint density at radius 2 is 1.87 bits per heavy atom. The van der Waals surface area contributed by atoms with Crippen molar-refractivity contribution in [3.63, 3.8) is 0 Å². The van der Waals surface area contributed by atoms with Crippen LogP contribution in [0.3, 0.4) is 0 Å². The van der Waals surface area contributed by atoms with E-state index in [4.69, 9.17) is 5.73 Å². The molecule has 0 bridgehead atoms. The van der Waals surface area contributed by atoms with E-state index in [0.29, 0.717) is 5.56 Å². The van der Waals surface area contributed by atoms with Gasteiger partial charge >= 0.3 is 0 Å². The molecule has 1 aliphatic rings. The number of fused-ring (bicyclic) bond motifs is 1. The van der Waals surface area contributed by atoms with Gasteiger partial charge in [0, 0.05) is 5.56 Å². The summed E-state index contributed by atoms with van der Waals surface area (Å²) >= 11 is 0. The number of aryl methyl sites for hydroxylation is 1. The zero-order valence-electron chi connectivity index (χ0n) is 14.2. The Labute approximate surface area is 139 Å². The van der Waals surface area contributed by atoms with Crippen molar-refractivity contribution in [2.24, 2.45) is 5.73 Å². The van der Waals surface area contributed by atoms with Crippen LogP contribution in [-0.4, -0.2) is 14.7 Å². The van der Waals surface area contributed by atoms with Crippen LogP contribution in [0.4, 0.5) is 0 Å². The van der Waals surface area contributed by atoms with E-state index in [1.54, 1.807) is 0 Å². The van der Waals surface area contributed by atoms with E-state index in [2.05, 4.69) is 51.2 Å². The summed E-state index contributed by atoms with van der Waals surface area (Å²) in [5.74, 6) is -0.341. The number of hydrogen-bond donors (Lipinski definition) is 1. The molecule has 0 heterocycles. The van der Waals surface area contributed by atoms with E-state index in [0.717, 1.165) is 17.5 Å². The molecular formula is C20H23NOSi. The molecule has 23 heavy (non-hydrogen) atoms. The van der Waals surface area contributed by atoms with Gasteiger partial charge in [0.1, 0.15) is 0 Å². The molecule has 3 heteroatoms. The van der Waals surface area contributed by atoms with E-state index in [1.807, 2.05) is 12.1 Å². The minimum absolute atomic E-state index is 0.341. The van der Waals surface area contributed by atoms with Crippen LogP contribution in [0.1, 0.15) is 34.0 Å². The third kappa shape index (κ3) is 2.66. The first-order chi connectivity index (χ1) is 10.9. The van der Waals surface area contributed by atoms with Crippen LogP contribution < -0.4 is 10.9 Å². The van der Waals surface area contributed by atoms with Gasteiger partial charge in [-0.1, -0.05) is 59.8 Å². The molecule has 2 nitrogen and oxygen atoms in total. The highest BCUT2D eigenvalue weighted by Crippen LogP contribution is 2.35. The summed E-state index contributed by atoms with van der Waals surface area (Å²) in [6, 6.07) is 10.3. The Morgan fingerprint density at radius 3 is 2.52 bits per heavy atom. The minimum Gasteiger partial charge on any atom is -0.366 e. The highest BCUT2D eigenvalue weighted by atomic mass is 28.3. The Morgan fingerprint density at radius 1 is 1.13 bits per heavy atom. The maximum Gasteiger partial charge on any atom is 0.249 e. The molecule has 0 fully saturated rings. The summed E-state index contributed by atoms with van der Waals surface area (Å²) in [5.41, 5.74) is 13.8. The molecule has 1 aliphatic carbocycles. The Bertz CT molecular complexity index is 834. The monoisotopic (exact) mass is 321 g/mol. The topological polar surface area (TPSA) is 43.1 Å². The summed E-state index contributed by atoms with van der Waals surface area (Å²) < 4.78 is 0. The molecule has 0 radical (unpaired) electrons. The standard InChI is InChI=1S/C20H23NOSi/c1-12-10-14-6-5-7-15(17(14)11-12)18-16(20(21)22)9-8-13(2)19(18)23(3)4/h5-9,11,23H,10H2,1-4H3,(H2,21,22). The van der Waals surface area contributed by atoms with Gasteiger partial charge in [0.05, 0.1) is 8.80 Å². The summed E-state index contributed by atoms with van der Waals surface area (Å²) in [4.78, 5) is 12.1. The van der Waals surface area contributed by atoms with Crippen LogP contribution in [0.2, 0.25) is 13.1 Å². The van der Waals surface area contributed by atoms with Crippen molar-refractivity contribution in [3.05, 3.63) is 58.2 Å². The van der Waals surface area contributed by atoms with Crippen molar-refractivity contribution >= 4 is 26.0 Å². The lowest BCUT2D eigenvalue weighted by molar-refractivity contribution is 0.100. The van der Waals surface area contributed by atoms with Crippen LogP contribution in [0, 0.1) is 6.92 Å². The predicted octanol–water partition coefficient (Wildman–Crippen LogP) is 3.41. The molecule has 0 saturated carbocycles. The lowest BCUT2D eigenvalue weighted by Crippen LogP contribution is -2.31. The van der Waals surface area contributed by atoms with Crippen LogP contribution in [0.5, 0.6) is 0 Å². The van der Waals surface area contributed by atoms with Crippen molar-refractivity contribution in [2.75, 3.05) is 0 Å². The van der Waals surface area contributed by atoms with E-state index in [-0.39, 0.29) is 5.91 Å². The van der Waals surface area contributed by atoms with Gasteiger partial charge in [0.15, 0.2) is 0 Å². The van der Waals surface area contributed by atoms with E-state index < -0.39 is 8.80 Å². The highest BCUT2D eigenvalue weighted by Gasteiger charge is 2.23. The third-order valence-corrected chi connectivity index (χ3v) is 6.53. The summed E-state index contributed by atoms with van der Waals surface area (Å²) in [6.07, 6.45) is 3.25. The summed E-state index contributed by atoms with van der Waals surface area (Å²) in [7, 11) is -1.12. The van der Waals surface area contributed by atoms with Crippen molar-refractivity contribution in [1.82, 2.24) is 0 Å². The number of nitrogens with two attached hydrogens (primary N) is 1. The molecular weight excluding hydrogens is 298 g/mol. The second-order valence-corrected chi connectivity index (χ2v) is 9.67. The number of rotatable bonds is 3. The first-order valence-electron chi connectivity index (χ1n) is 8.13. The zero-order chi connectivity index (χ0) is 16.7. The average Bonchev–Trinajstić information content (AvgIpc) is 2.86. The van der Waals surface area contributed by atoms with Gasteiger partial charge in [-0.25, -0.2) is 0 Å². The fourth-order valence-electron chi connectivity index (χ4n) is 3.72. The van der Waals surface area contributed by atoms with Crippen molar-refractivity contribution in [3.8, 4) is 11.1 Å². The molecule has 1 amide bonds. The Balaban J connectivity index is 2.39. The van der Waals surface area contributed by atoms with Crippen LogP contribution in [0.15, 0.2) is 35.9 Å². The number of allylic oxidation sites excluding steroid dienone is 1. The lowest BCUT2D eigenvalue weighted by atomic mass is 9.92. The normalized spacial score (nSPS) is 13.2. The number of amides is 1.